The number of fused-ring (bicyclic) bond motifs is 1. The van der Waals surface area contributed by atoms with Crippen LogP contribution in [0, 0.1) is 5.82 Å². The number of hydrogen-bond acceptors (Lipinski definition) is 4. The van der Waals surface area contributed by atoms with Gasteiger partial charge in [-0.3, -0.25) is 14.6 Å². The summed E-state index contributed by atoms with van der Waals surface area (Å²) in [6.07, 6.45) is 5.40. The van der Waals surface area contributed by atoms with Gasteiger partial charge < -0.3 is 0 Å². The maximum Gasteiger partial charge on any atom is 0.261 e. The zero-order chi connectivity index (χ0) is 24.3. The Morgan fingerprint density at radius 3 is 2.46 bits per heavy atom. The van der Waals surface area contributed by atoms with Gasteiger partial charge in [0.1, 0.15) is 5.82 Å². The van der Waals surface area contributed by atoms with Gasteiger partial charge in [-0.1, -0.05) is 36.4 Å². The third kappa shape index (κ3) is 5.58. The van der Waals surface area contributed by atoms with Gasteiger partial charge in [0.15, 0.2) is 0 Å². The highest BCUT2D eigenvalue weighted by molar-refractivity contribution is 7.92. The minimum Gasteiger partial charge on any atom is -0.298 e. The fraction of sp³-hybridized carbons (Fsp3) is 0.179. The zero-order valence-corrected chi connectivity index (χ0v) is 20.0. The van der Waals surface area contributed by atoms with Gasteiger partial charge >= 0.3 is 0 Å². The van der Waals surface area contributed by atoms with E-state index in [4.69, 9.17) is 0 Å². The van der Waals surface area contributed by atoms with Crippen molar-refractivity contribution in [2.24, 2.45) is 0 Å². The van der Waals surface area contributed by atoms with Crippen molar-refractivity contribution in [2.75, 3.05) is 17.8 Å². The summed E-state index contributed by atoms with van der Waals surface area (Å²) in [6.45, 7) is 2.63. The largest absolute Gasteiger partial charge is 0.298 e. The number of hydrogen-bond donors (Lipinski definition) is 1. The monoisotopic (exact) mass is 487 g/mol. The van der Waals surface area contributed by atoms with Gasteiger partial charge in [0, 0.05) is 37.7 Å². The Balaban J connectivity index is 1.20. The molecule has 0 amide bonds. The maximum absolute atomic E-state index is 13.1. The first-order valence-corrected chi connectivity index (χ1v) is 13.1. The number of pyridine rings is 1. The van der Waals surface area contributed by atoms with Crippen LogP contribution >= 0.6 is 0 Å². The highest BCUT2D eigenvalue weighted by atomic mass is 32.2. The summed E-state index contributed by atoms with van der Waals surface area (Å²) in [5.74, 6) is -0.409. The van der Waals surface area contributed by atoms with Crippen LogP contribution in [-0.2, 0) is 29.4 Å². The van der Waals surface area contributed by atoms with Gasteiger partial charge in [0.05, 0.1) is 4.90 Å². The van der Waals surface area contributed by atoms with Gasteiger partial charge in [0.2, 0.25) is 0 Å². The Labute approximate surface area is 205 Å². The summed E-state index contributed by atoms with van der Waals surface area (Å²) in [7, 11) is -3.73. The van der Waals surface area contributed by atoms with Crippen LogP contribution in [0.2, 0.25) is 0 Å². The Morgan fingerprint density at radius 1 is 0.914 bits per heavy atom. The molecule has 5 rings (SSSR count). The van der Waals surface area contributed by atoms with Gasteiger partial charge in [-0.05, 0) is 83.1 Å². The second kappa shape index (κ2) is 9.98. The number of anilines is 1. The van der Waals surface area contributed by atoms with Gasteiger partial charge in [-0.25, -0.2) is 12.8 Å². The lowest BCUT2D eigenvalue weighted by atomic mass is 9.99. The lowest BCUT2D eigenvalue weighted by Gasteiger charge is -2.29. The second-order valence-electron chi connectivity index (χ2n) is 8.76. The third-order valence-corrected chi connectivity index (χ3v) is 7.72. The van der Waals surface area contributed by atoms with E-state index in [0.717, 1.165) is 54.7 Å². The lowest BCUT2D eigenvalue weighted by Crippen LogP contribution is -2.32. The molecule has 0 aliphatic carbocycles. The number of nitrogens with zero attached hydrogens (tertiary/aromatic N) is 2. The summed E-state index contributed by atoms with van der Waals surface area (Å²) in [4.78, 5) is 6.81. The van der Waals surface area contributed by atoms with Gasteiger partial charge in [-0.15, -0.1) is 0 Å². The normalized spacial score (nSPS) is 13.9. The van der Waals surface area contributed by atoms with Crippen molar-refractivity contribution in [3.05, 3.63) is 114 Å². The molecule has 0 saturated carbocycles. The maximum atomic E-state index is 13.1. The summed E-state index contributed by atoms with van der Waals surface area (Å²) in [6, 6.07) is 23.2. The van der Waals surface area contributed by atoms with Crippen molar-refractivity contribution in [2.45, 2.75) is 24.3 Å². The van der Waals surface area contributed by atoms with Crippen molar-refractivity contribution in [1.82, 2.24) is 9.88 Å². The van der Waals surface area contributed by atoms with Crippen molar-refractivity contribution >= 4 is 15.7 Å². The second-order valence-corrected chi connectivity index (χ2v) is 10.4. The van der Waals surface area contributed by atoms with E-state index in [2.05, 4.69) is 44.9 Å². The third-order valence-electron chi connectivity index (χ3n) is 6.34. The van der Waals surface area contributed by atoms with Gasteiger partial charge in [-0.2, -0.15) is 0 Å². The van der Waals surface area contributed by atoms with E-state index < -0.39 is 15.8 Å². The molecule has 0 saturated heterocycles. The molecule has 1 aliphatic rings. The van der Waals surface area contributed by atoms with Crippen molar-refractivity contribution in [1.29, 1.82) is 0 Å². The predicted molar refractivity (Wildman–Crippen MR) is 136 cm³/mol. The first kappa shape index (κ1) is 23.2. The van der Waals surface area contributed by atoms with Crippen LogP contribution in [0.3, 0.4) is 0 Å². The summed E-state index contributed by atoms with van der Waals surface area (Å²) in [5.41, 5.74) is 6.11. The first-order valence-electron chi connectivity index (χ1n) is 11.6. The van der Waals surface area contributed by atoms with Crippen LogP contribution in [0.1, 0.15) is 16.7 Å². The molecule has 0 spiro atoms. The van der Waals surface area contributed by atoms with Crippen LogP contribution < -0.4 is 4.72 Å². The fourth-order valence-electron chi connectivity index (χ4n) is 4.36. The van der Waals surface area contributed by atoms with E-state index in [0.29, 0.717) is 5.69 Å². The number of aromatic nitrogens is 1. The molecule has 35 heavy (non-hydrogen) atoms. The molecule has 1 aliphatic heterocycles. The topological polar surface area (TPSA) is 62.3 Å². The summed E-state index contributed by atoms with van der Waals surface area (Å²) < 4.78 is 41.2. The van der Waals surface area contributed by atoms with Crippen LogP contribution in [0.5, 0.6) is 0 Å². The minimum atomic E-state index is -3.73. The Hall–Kier alpha value is -3.55. The average molecular weight is 488 g/mol. The van der Waals surface area contributed by atoms with E-state index in [-0.39, 0.29) is 4.90 Å². The Kier molecular flexibility index (Phi) is 6.61. The molecular formula is C28H26FN3O2S. The highest BCUT2D eigenvalue weighted by Crippen LogP contribution is 2.25. The van der Waals surface area contributed by atoms with Crippen LogP contribution in [0.15, 0.2) is 96.2 Å². The molecular weight excluding hydrogens is 461 g/mol. The van der Waals surface area contributed by atoms with E-state index in [1.807, 2.05) is 18.3 Å². The van der Waals surface area contributed by atoms with Crippen LogP contribution in [-0.4, -0.2) is 31.4 Å². The lowest BCUT2D eigenvalue weighted by molar-refractivity contribution is 0.257. The zero-order valence-electron chi connectivity index (χ0n) is 19.2. The fourth-order valence-corrected chi connectivity index (χ4v) is 5.47. The molecule has 0 radical (unpaired) electrons. The molecule has 5 nitrogen and oxygen atoms in total. The number of nitrogens with one attached hydrogen (secondary N) is 1. The summed E-state index contributed by atoms with van der Waals surface area (Å²) >= 11 is 0. The number of halogens is 1. The Morgan fingerprint density at radius 2 is 1.71 bits per heavy atom. The van der Waals surface area contributed by atoms with E-state index in [9.17, 15) is 12.8 Å². The standard InChI is InChI=1S/C28H26FN3O2S/c29-26-8-10-27(11-9-26)31-35(33,34)28-12-7-25-20-32(17-14-23(25)18-28)16-13-21-3-5-22(6-4-21)24-2-1-15-30-19-24/h1-12,15,18-19,31H,13-14,16-17,20H2. The molecule has 0 fully saturated rings. The minimum absolute atomic E-state index is 0.225. The molecule has 3 aromatic carbocycles. The van der Waals surface area contributed by atoms with E-state index in [1.54, 1.807) is 18.3 Å². The van der Waals surface area contributed by atoms with Crippen molar-refractivity contribution in [3.63, 3.8) is 0 Å². The number of benzene rings is 3. The first-order chi connectivity index (χ1) is 17.0. The molecule has 1 N–H and O–H groups in total. The van der Waals surface area contributed by atoms with Crippen LogP contribution in [0.25, 0.3) is 11.1 Å². The molecule has 178 valence electrons. The highest BCUT2D eigenvalue weighted by Gasteiger charge is 2.20. The molecule has 2 heterocycles. The molecule has 0 bridgehead atoms. The molecule has 7 heteroatoms. The molecule has 0 atom stereocenters. The average Bonchev–Trinajstić information content (AvgIpc) is 2.89. The SMILES string of the molecule is O=S(=O)(Nc1ccc(F)cc1)c1ccc2c(c1)CCN(CCc1ccc(-c3cccnc3)cc1)C2. The van der Waals surface area contributed by atoms with Crippen molar-refractivity contribution in [3.8, 4) is 11.1 Å². The predicted octanol–water partition coefficient (Wildman–Crippen LogP) is 5.29. The quantitative estimate of drug-likeness (QED) is 0.385. The Bertz CT molecular complexity index is 1410. The molecule has 0 unspecified atom stereocenters. The smallest absolute Gasteiger partial charge is 0.261 e. The number of sulfonamides is 1. The van der Waals surface area contributed by atoms with Crippen LogP contribution in [0.4, 0.5) is 10.1 Å². The number of rotatable bonds is 7. The van der Waals surface area contributed by atoms with Gasteiger partial charge in [0.25, 0.3) is 10.0 Å². The van der Waals surface area contributed by atoms with E-state index >= 15 is 0 Å². The summed E-state index contributed by atoms with van der Waals surface area (Å²) in [5, 5.41) is 0. The molecule has 4 aromatic rings. The molecule has 1 aromatic heterocycles. The van der Waals surface area contributed by atoms with E-state index in [1.165, 1.54) is 29.8 Å². The van der Waals surface area contributed by atoms with Crippen molar-refractivity contribution < 1.29 is 12.8 Å².